The SMILES string of the molecule is CCN(CC)S(=O)(=O)c1cc(C(=O)NCc2cccc(CN3CCOC(C)C3)c2)n(C)c1. The van der Waals surface area contributed by atoms with Gasteiger partial charge in [0.15, 0.2) is 0 Å². The average molecular weight is 463 g/mol. The zero-order valence-electron chi connectivity index (χ0n) is 19.4. The molecule has 8 nitrogen and oxygen atoms in total. The van der Waals surface area contributed by atoms with Gasteiger partial charge in [0, 0.05) is 52.5 Å². The summed E-state index contributed by atoms with van der Waals surface area (Å²) < 4.78 is 34.0. The van der Waals surface area contributed by atoms with Crippen molar-refractivity contribution in [3.8, 4) is 0 Å². The van der Waals surface area contributed by atoms with Crippen molar-refractivity contribution >= 4 is 15.9 Å². The van der Waals surface area contributed by atoms with E-state index in [9.17, 15) is 13.2 Å². The number of hydrogen-bond acceptors (Lipinski definition) is 5. The van der Waals surface area contributed by atoms with Crippen molar-refractivity contribution in [3.05, 3.63) is 53.3 Å². The molecule has 0 bridgehead atoms. The molecular formula is C23H34N4O4S. The molecule has 1 atom stereocenters. The number of nitrogens with zero attached hydrogens (tertiary/aromatic N) is 3. The maximum absolute atomic E-state index is 12.8. The summed E-state index contributed by atoms with van der Waals surface area (Å²) in [6.07, 6.45) is 1.74. The summed E-state index contributed by atoms with van der Waals surface area (Å²) in [5.74, 6) is -0.305. The number of rotatable bonds is 9. The minimum atomic E-state index is -3.61. The molecule has 0 spiro atoms. The lowest BCUT2D eigenvalue weighted by atomic mass is 10.1. The molecule has 0 radical (unpaired) electrons. The van der Waals surface area contributed by atoms with Crippen molar-refractivity contribution < 1.29 is 17.9 Å². The highest BCUT2D eigenvalue weighted by Crippen LogP contribution is 2.19. The van der Waals surface area contributed by atoms with Gasteiger partial charge in [0.25, 0.3) is 5.91 Å². The van der Waals surface area contributed by atoms with E-state index in [0.29, 0.717) is 25.3 Å². The predicted octanol–water partition coefficient (Wildman–Crippen LogP) is 2.21. The van der Waals surface area contributed by atoms with E-state index >= 15 is 0 Å². The molecule has 1 aromatic carbocycles. The van der Waals surface area contributed by atoms with Gasteiger partial charge in [-0.1, -0.05) is 38.1 Å². The number of morpholine rings is 1. The number of benzene rings is 1. The van der Waals surface area contributed by atoms with Gasteiger partial charge in [0.05, 0.1) is 12.7 Å². The van der Waals surface area contributed by atoms with E-state index in [-0.39, 0.29) is 16.9 Å². The van der Waals surface area contributed by atoms with E-state index in [1.165, 1.54) is 22.1 Å². The van der Waals surface area contributed by atoms with Gasteiger partial charge in [-0.3, -0.25) is 9.69 Å². The number of aryl methyl sites for hydroxylation is 1. The zero-order valence-corrected chi connectivity index (χ0v) is 20.2. The molecule has 32 heavy (non-hydrogen) atoms. The molecule has 3 rings (SSSR count). The third-order valence-corrected chi connectivity index (χ3v) is 7.75. The molecule has 9 heteroatoms. The Bertz CT molecular complexity index is 1030. The quantitative estimate of drug-likeness (QED) is 0.618. The molecular weight excluding hydrogens is 428 g/mol. The van der Waals surface area contributed by atoms with Gasteiger partial charge < -0.3 is 14.6 Å². The van der Waals surface area contributed by atoms with Crippen LogP contribution in [-0.2, 0) is 34.9 Å². The maximum Gasteiger partial charge on any atom is 0.268 e. The Hall–Kier alpha value is -2.20. The van der Waals surface area contributed by atoms with Crippen LogP contribution >= 0.6 is 0 Å². The lowest BCUT2D eigenvalue weighted by molar-refractivity contribution is -0.0212. The highest BCUT2D eigenvalue weighted by Gasteiger charge is 2.25. The lowest BCUT2D eigenvalue weighted by Crippen LogP contribution is -2.40. The van der Waals surface area contributed by atoms with Crippen LogP contribution in [0.15, 0.2) is 41.4 Å². The minimum Gasteiger partial charge on any atom is -0.376 e. The predicted molar refractivity (Wildman–Crippen MR) is 124 cm³/mol. The van der Waals surface area contributed by atoms with E-state index in [4.69, 9.17) is 4.74 Å². The Balaban J connectivity index is 1.64. The van der Waals surface area contributed by atoms with Gasteiger partial charge in [-0.25, -0.2) is 8.42 Å². The number of sulfonamides is 1. The van der Waals surface area contributed by atoms with Crippen molar-refractivity contribution in [2.24, 2.45) is 7.05 Å². The van der Waals surface area contributed by atoms with E-state index in [1.807, 2.05) is 12.1 Å². The van der Waals surface area contributed by atoms with E-state index in [2.05, 4.69) is 29.3 Å². The normalized spacial score (nSPS) is 17.6. The summed E-state index contributed by atoms with van der Waals surface area (Å²) in [5, 5.41) is 2.91. The first-order valence-corrected chi connectivity index (χ1v) is 12.5. The van der Waals surface area contributed by atoms with E-state index in [1.54, 1.807) is 25.5 Å². The van der Waals surface area contributed by atoms with Crippen molar-refractivity contribution in [1.29, 1.82) is 0 Å². The summed E-state index contributed by atoms with van der Waals surface area (Å²) in [6.45, 7) is 10.2. The van der Waals surface area contributed by atoms with Crippen LogP contribution in [0.25, 0.3) is 0 Å². The van der Waals surface area contributed by atoms with Crippen LogP contribution in [0.2, 0.25) is 0 Å². The van der Waals surface area contributed by atoms with Gasteiger partial charge in [0.2, 0.25) is 10.0 Å². The Labute approximate surface area is 191 Å². The van der Waals surface area contributed by atoms with Gasteiger partial charge in [-0.15, -0.1) is 0 Å². The summed E-state index contributed by atoms with van der Waals surface area (Å²) in [7, 11) is -1.93. The van der Waals surface area contributed by atoms with Crippen molar-refractivity contribution in [1.82, 2.24) is 19.1 Å². The highest BCUT2D eigenvalue weighted by atomic mass is 32.2. The number of carbonyl (C=O) groups is 1. The molecule has 0 saturated carbocycles. The molecule has 0 aliphatic carbocycles. The molecule has 2 aromatic rings. The van der Waals surface area contributed by atoms with Crippen LogP contribution in [0.1, 0.15) is 42.4 Å². The average Bonchev–Trinajstić information content (AvgIpc) is 3.16. The molecule has 1 saturated heterocycles. The Morgan fingerprint density at radius 2 is 1.94 bits per heavy atom. The maximum atomic E-state index is 12.8. The third kappa shape index (κ3) is 5.78. The van der Waals surface area contributed by atoms with Gasteiger partial charge >= 0.3 is 0 Å². The number of nitrogens with one attached hydrogen (secondary N) is 1. The fourth-order valence-corrected chi connectivity index (χ4v) is 5.55. The van der Waals surface area contributed by atoms with Gasteiger partial charge in [-0.2, -0.15) is 4.31 Å². The number of ether oxygens (including phenoxy) is 1. The monoisotopic (exact) mass is 462 g/mol. The second kappa shape index (κ2) is 10.6. The van der Waals surface area contributed by atoms with Crippen molar-refractivity contribution in [2.45, 2.75) is 44.9 Å². The van der Waals surface area contributed by atoms with Crippen LogP contribution < -0.4 is 5.32 Å². The standard InChI is InChI=1S/C23H34N4O4S/c1-5-27(6-2)32(29,30)21-13-22(25(4)17-21)23(28)24-14-19-8-7-9-20(12-19)16-26-10-11-31-18(3)15-26/h7-9,12-13,17-18H,5-6,10-11,14-16H2,1-4H3,(H,24,28). The molecule has 1 unspecified atom stereocenters. The Morgan fingerprint density at radius 3 is 2.62 bits per heavy atom. The first kappa shape index (κ1) is 24.4. The molecule has 1 aliphatic heterocycles. The fourth-order valence-electron chi connectivity index (χ4n) is 4.02. The van der Waals surface area contributed by atoms with Crippen LogP contribution in [0.5, 0.6) is 0 Å². The van der Waals surface area contributed by atoms with Crippen LogP contribution in [0.4, 0.5) is 0 Å². The number of hydrogen-bond donors (Lipinski definition) is 1. The Kier molecular flexibility index (Phi) is 8.10. The van der Waals surface area contributed by atoms with E-state index in [0.717, 1.165) is 31.8 Å². The van der Waals surface area contributed by atoms with Gasteiger partial charge in [0.1, 0.15) is 10.6 Å². The lowest BCUT2D eigenvalue weighted by Gasteiger charge is -2.31. The van der Waals surface area contributed by atoms with Crippen LogP contribution in [-0.4, -0.2) is 67.0 Å². The fraction of sp³-hybridized carbons (Fsp3) is 0.522. The summed E-state index contributed by atoms with van der Waals surface area (Å²) in [4.78, 5) is 15.3. The molecule has 1 amide bonds. The molecule has 2 heterocycles. The van der Waals surface area contributed by atoms with Crippen LogP contribution in [0, 0.1) is 0 Å². The Morgan fingerprint density at radius 1 is 1.22 bits per heavy atom. The van der Waals surface area contributed by atoms with Crippen LogP contribution in [0.3, 0.4) is 0 Å². The second-order valence-electron chi connectivity index (χ2n) is 8.18. The minimum absolute atomic E-state index is 0.135. The third-order valence-electron chi connectivity index (χ3n) is 5.73. The number of aromatic nitrogens is 1. The van der Waals surface area contributed by atoms with Gasteiger partial charge in [-0.05, 0) is 24.1 Å². The van der Waals surface area contributed by atoms with Crippen molar-refractivity contribution in [2.75, 3.05) is 32.8 Å². The molecule has 1 fully saturated rings. The first-order valence-electron chi connectivity index (χ1n) is 11.1. The smallest absolute Gasteiger partial charge is 0.268 e. The summed E-state index contributed by atoms with van der Waals surface area (Å²) >= 11 is 0. The number of carbonyl (C=O) groups excluding carboxylic acids is 1. The molecule has 1 aliphatic rings. The van der Waals surface area contributed by atoms with Crippen molar-refractivity contribution in [3.63, 3.8) is 0 Å². The largest absolute Gasteiger partial charge is 0.376 e. The molecule has 1 aromatic heterocycles. The first-order chi connectivity index (χ1) is 15.2. The summed E-state index contributed by atoms with van der Waals surface area (Å²) in [5.41, 5.74) is 2.51. The molecule has 1 N–H and O–H groups in total. The zero-order chi connectivity index (χ0) is 23.3. The highest BCUT2D eigenvalue weighted by molar-refractivity contribution is 7.89. The molecule has 176 valence electrons. The number of amides is 1. The summed E-state index contributed by atoms with van der Waals surface area (Å²) in [6, 6.07) is 9.61. The van der Waals surface area contributed by atoms with E-state index < -0.39 is 10.0 Å². The topological polar surface area (TPSA) is 83.9 Å². The second-order valence-corrected chi connectivity index (χ2v) is 10.1.